The fraction of sp³-hybridized carbons (Fsp3) is 0.500. The summed E-state index contributed by atoms with van der Waals surface area (Å²) in [7, 11) is 0. The lowest BCUT2D eigenvalue weighted by Crippen LogP contribution is -2.00. The lowest BCUT2D eigenvalue weighted by molar-refractivity contribution is 0.0697. The summed E-state index contributed by atoms with van der Waals surface area (Å²) in [5.41, 5.74) is 4.54. The largest absolute Gasteiger partial charge is 0.478 e. The van der Waals surface area contributed by atoms with Gasteiger partial charge in [0.25, 0.3) is 0 Å². The average Bonchev–Trinajstić information content (AvgIpc) is 2.81. The third-order valence-corrected chi connectivity index (χ3v) is 6.14. The zero-order chi connectivity index (χ0) is 23.0. The molecule has 1 N–H and O–H groups in total. The molecule has 0 aliphatic carbocycles. The second-order valence-electron chi connectivity index (χ2n) is 8.93. The van der Waals surface area contributed by atoms with Crippen LogP contribution in [0, 0.1) is 0 Å². The van der Waals surface area contributed by atoms with E-state index in [2.05, 4.69) is 50.3 Å². The number of carbonyl (C=O) groups is 1. The summed E-state index contributed by atoms with van der Waals surface area (Å²) in [6.45, 7) is 4.49. The van der Waals surface area contributed by atoms with Gasteiger partial charge in [0.1, 0.15) is 0 Å². The number of aryl methyl sites for hydroxylation is 1. The summed E-state index contributed by atoms with van der Waals surface area (Å²) in [6.07, 6.45) is 20.7. The highest BCUT2D eigenvalue weighted by molar-refractivity contribution is 5.96. The molecule has 0 fully saturated rings. The first-order valence-corrected chi connectivity index (χ1v) is 12.8. The van der Waals surface area contributed by atoms with E-state index >= 15 is 0 Å². The third-order valence-electron chi connectivity index (χ3n) is 6.14. The van der Waals surface area contributed by atoms with E-state index < -0.39 is 5.97 Å². The van der Waals surface area contributed by atoms with Crippen molar-refractivity contribution in [2.24, 2.45) is 0 Å². The van der Waals surface area contributed by atoms with Gasteiger partial charge in [-0.25, -0.2) is 4.79 Å². The van der Waals surface area contributed by atoms with E-state index in [9.17, 15) is 9.90 Å². The number of benzene rings is 2. The van der Waals surface area contributed by atoms with Crippen LogP contribution in [0.15, 0.2) is 48.5 Å². The van der Waals surface area contributed by atoms with Gasteiger partial charge in [0.05, 0.1) is 5.56 Å². The van der Waals surface area contributed by atoms with Gasteiger partial charge in [0.15, 0.2) is 0 Å². The second-order valence-corrected chi connectivity index (χ2v) is 8.93. The number of allylic oxidation sites excluding steroid dienone is 1. The first kappa shape index (κ1) is 25.9. The Hall–Kier alpha value is -2.35. The van der Waals surface area contributed by atoms with Gasteiger partial charge in [-0.2, -0.15) is 0 Å². The van der Waals surface area contributed by atoms with Crippen molar-refractivity contribution >= 4 is 12.0 Å². The van der Waals surface area contributed by atoms with Crippen molar-refractivity contribution < 1.29 is 9.90 Å². The average molecular weight is 435 g/mol. The molecule has 2 nitrogen and oxygen atoms in total. The van der Waals surface area contributed by atoms with Crippen LogP contribution in [0.4, 0.5) is 0 Å². The van der Waals surface area contributed by atoms with Crippen molar-refractivity contribution in [3.05, 3.63) is 65.2 Å². The van der Waals surface area contributed by atoms with Gasteiger partial charge >= 0.3 is 5.97 Å². The van der Waals surface area contributed by atoms with Gasteiger partial charge in [-0.1, -0.05) is 114 Å². The fourth-order valence-electron chi connectivity index (χ4n) is 4.14. The molecule has 0 unspecified atom stereocenters. The van der Waals surface area contributed by atoms with E-state index in [-0.39, 0.29) is 0 Å². The fourth-order valence-corrected chi connectivity index (χ4v) is 4.14. The monoisotopic (exact) mass is 434 g/mol. The summed E-state index contributed by atoms with van der Waals surface area (Å²) >= 11 is 0. The molecule has 2 heteroatoms. The second kappa shape index (κ2) is 15.5. The standard InChI is InChI=1S/C30H42O2/c1-3-5-7-9-11-13-15-17-26-20-23-28(30(31)32)29(24-26)27-21-18-25(19-22-27)16-14-12-10-8-6-4-2/h15,17-24H,3-14,16H2,1-2H3,(H,31,32)/b17-15+. The number of aromatic carboxylic acids is 1. The van der Waals surface area contributed by atoms with E-state index in [1.54, 1.807) is 6.07 Å². The Kier molecular flexibility index (Phi) is 12.5. The minimum Gasteiger partial charge on any atom is -0.478 e. The summed E-state index contributed by atoms with van der Waals surface area (Å²) in [6, 6.07) is 14.1. The van der Waals surface area contributed by atoms with Crippen LogP contribution in [0.2, 0.25) is 0 Å². The highest BCUT2D eigenvalue weighted by atomic mass is 16.4. The molecule has 32 heavy (non-hydrogen) atoms. The number of hydrogen-bond donors (Lipinski definition) is 1. The molecule has 0 saturated heterocycles. The quantitative estimate of drug-likeness (QED) is 0.267. The van der Waals surface area contributed by atoms with Crippen LogP contribution in [0.5, 0.6) is 0 Å². The van der Waals surface area contributed by atoms with Crippen molar-refractivity contribution in [2.75, 3.05) is 0 Å². The van der Waals surface area contributed by atoms with E-state index in [4.69, 9.17) is 0 Å². The molecule has 2 aromatic carbocycles. The van der Waals surface area contributed by atoms with Gasteiger partial charge in [-0.3, -0.25) is 0 Å². The highest BCUT2D eigenvalue weighted by Gasteiger charge is 2.12. The Morgan fingerprint density at radius 2 is 1.41 bits per heavy atom. The van der Waals surface area contributed by atoms with E-state index in [0.29, 0.717) is 5.56 Å². The zero-order valence-electron chi connectivity index (χ0n) is 20.2. The molecular weight excluding hydrogens is 392 g/mol. The molecule has 0 aliphatic heterocycles. The van der Waals surface area contributed by atoms with Gasteiger partial charge in [-0.05, 0) is 60.1 Å². The van der Waals surface area contributed by atoms with Crippen LogP contribution in [-0.4, -0.2) is 11.1 Å². The Morgan fingerprint density at radius 3 is 2.06 bits per heavy atom. The van der Waals surface area contributed by atoms with Crippen molar-refractivity contribution in [3.63, 3.8) is 0 Å². The molecule has 0 amide bonds. The van der Waals surface area contributed by atoms with E-state index in [1.165, 1.54) is 76.2 Å². The SMILES string of the molecule is CCCCCCC/C=C/c1ccc(C(=O)O)c(-c2ccc(CCCCCCCC)cc2)c1. The summed E-state index contributed by atoms with van der Waals surface area (Å²) in [5.74, 6) is -0.873. The van der Waals surface area contributed by atoms with Crippen LogP contribution in [0.3, 0.4) is 0 Å². The lowest BCUT2D eigenvalue weighted by atomic mass is 9.95. The Balaban J connectivity index is 1.99. The van der Waals surface area contributed by atoms with E-state index in [1.807, 2.05) is 12.1 Å². The number of hydrogen-bond acceptors (Lipinski definition) is 1. The van der Waals surface area contributed by atoms with Gasteiger partial charge in [-0.15, -0.1) is 0 Å². The molecule has 0 saturated carbocycles. The maximum absolute atomic E-state index is 11.8. The van der Waals surface area contributed by atoms with Crippen molar-refractivity contribution in [3.8, 4) is 11.1 Å². The lowest BCUT2D eigenvalue weighted by Gasteiger charge is -2.09. The minimum absolute atomic E-state index is 0.366. The maximum atomic E-state index is 11.8. The van der Waals surface area contributed by atoms with Gasteiger partial charge in [0, 0.05) is 0 Å². The first-order chi connectivity index (χ1) is 15.7. The molecule has 0 aliphatic rings. The van der Waals surface area contributed by atoms with E-state index in [0.717, 1.165) is 29.5 Å². The number of carboxylic acid groups (broad SMARTS) is 1. The molecule has 0 atom stereocenters. The van der Waals surface area contributed by atoms with Gasteiger partial charge < -0.3 is 5.11 Å². The molecule has 0 bridgehead atoms. The Bertz CT molecular complexity index is 817. The third kappa shape index (κ3) is 9.42. The summed E-state index contributed by atoms with van der Waals surface area (Å²) < 4.78 is 0. The topological polar surface area (TPSA) is 37.3 Å². The van der Waals surface area contributed by atoms with Crippen LogP contribution in [0.25, 0.3) is 17.2 Å². The molecule has 174 valence electrons. The van der Waals surface area contributed by atoms with Crippen molar-refractivity contribution in [1.29, 1.82) is 0 Å². The highest BCUT2D eigenvalue weighted by Crippen LogP contribution is 2.27. The predicted octanol–water partition coefficient (Wildman–Crippen LogP) is 9.33. The van der Waals surface area contributed by atoms with Crippen molar-refractivity contribution in [2.45, 2.75) is 97.3 Å². The van der Waals surface area contributed by atoms with Crippen LogP contribution in [-0.2, 0) is 6.42 Å². The zero-order valence-corrected chi connectivity index (χ0v) is 20.2. The van der Waals surface area contributed by atoms with Gasteiger partial charge in [0.2, 0.25) is 0 Å². The van der Waals surface area contributed by atoms with Crippen LogP contribution in [0.1, 0.15) is 112 Å². The number of rotatable bonds is 16. The van der Waals surface area contributed by atoms with Crippen molar-refractivity contribution in [1.82, 2.24) is 0 Å². The smallest absolute Gasteiger partial charge is 0.336 e. The predicted molar refractivity (Wildman–Crippen MR) is 138 cm³/mol. The molecule has 0 aromatic heterocycles. The van der Waals surface area contributed by atoms with Crippen LogP contribution < -0.4 is 0 Å². The summed E-state index contributed by atoms with van der Waals surface area (Å²) in [5, 5.41) is 9.68. The molecule has 2 aromatic rings. The minimum atomic E-state index is -0.873. The number of unbranched alkanes of at least 4 members (excludes halogenated alkanes) is 10. The first-order valence-electron chi connectivity index (χ1n) is 12.8. The molecule has 0 spiro atoms. The maximum Gasteiger partial charge on any atom is 0.336 e. The molecule has 0 heterocycles. The molecule has 0 radical (unpaired) electrons. The Labute approximate surface area is 195 Å². The summed E-state index contributed by atoms with van der Waals surface area (Å²) in [4.78, 5) is 11.8. The normalized spacial score (nSPS) is 11.3. The molecule has 2 rings (SSSR count). The molecular formula is C30H42O2. The Morgan fingerprint density at radius 1 is 0.781 bits per heavy atom. The number of carboxylic acids is 1. The van der Waals surface area contributed by atoms with Crippen LogP contribution >= 0.6 is 0 Å².